The van der Waals surface area contributed by atoms with E-state index in [1.807, 2.05) is 18.3 Å². The second kappa shape index (κ2) is 3.62. The zero-order valence-corrected chi connectivity index (χ0v) is 9.05. The molecule has 0 atom stereocenters. The van der Waals surface area contributed by atoms with E-state index in [0.717, 1.165) is 17.2 Å². The van der Waals surface area contributed by atoms with E-state index >= 15 is 0 Å². The van der Waals surface area contributed by atoms with Crippen LogP contribution in [0.4, 0.5) is 10.8 Å². The van der Waals surface area contributed by atoms with E-state index in [1.54, 1.807) is 17.5 Å². The molecular formula is C11H11N3S. The smallest absolute Gasteiger partial charge is 0.187 e. The molecule has 0 spiro atoms. The number of aromatic nitrogens is 2. The van der Waals surface area contributed by atoms with E-state index in [-0.39, 0.29) is 0 Å². The Balaban J connectivity index is 1.83. The normalized spacial score (nSPS) is 13.9. The summed E-state index contributed by atoms with van der Waals surface area (Å²) >= 11 is 1.77. The number of aryl methyl sites for hydroxylation is 2. The van der Waals surface area contributed by atoms with Crippen LogP contribution < -0.4 is 5.32 Å². The summed E-state index contributed by atoms with van der Waals surface area (Å²) in [5, 5.41) is 4.27. The van der Waals surface area contributed by atoms with Crippen LogP contribution >= 0.6 is 11.3 Å². The van der Waals surface area contributed by atoms with Crippen molar-refractivity contribution in [2.75, 3.05) is 5.32 Å². The van der Waals surface area contributed by atoms with Crippen molar-refractivity contribution in [3.05, 3.63) is 35.1 Å². The summed E-state index contributed by atoms with van der Waals surface area (Å²) in [5.74, 6) is 0. The third kappa shape index (κ3) is 1.72. The lowest BCUT2D eigenvalue weighted by Gasteiger charge is -2.00. The summed E-state index contributed by atoms with van der Waals surface area (Å²) in [6.45, 7) is 0. The van der Waals surface area contributed by atoms with Gasteiger partial charge in [-0.25, -0.2) is 4.98 Å². The minimum absolute atomic E-state index is 0.993. The Bertz CT molecular complexity index is 442. The van der Waals surface area contributed by atoms with Gasteiger partial charge in [-0.1, -0.05) is 0 Å². The molecule has 0 radical (unpaired) electrons. The molecule has 0 aliphatic heterocycles. The van der Waals surface area contributed by atoms with E-state index in [1.165, 1.54) is 23.4 Å². The fourth-order valence-electron chi connectivity index (χ4n) is 1.80. The van der Waals surface area contributed by atoms with Crippen LogP contribution in [0.3, 0.4) is 0 Å². The van der Waals surface area contributed by atoms with Crippen molar-refractivity contribution in [2.45, 2.75) is 19.3 Å². The monoisotopic (exact) mass is 217 g/mol. The first-order valence-corrected chi connectivity index (χ1v) is 5.89. The number of fused-ring (bicyclic) bond motifs is 1. The maximum Gasteiger partial charge on any atom is 0.187 e. The highest BCUT2D eigenvalue weighted by atomic mass is 32.1. The predicted octanol–water partition coefficient (Wildman–Crippen LogP) is 2.77. The van der Waals surface area contributed by atoms with Gasteiger partial charge in [0, 0.05) is 11.1 Å². The lowest BCUT2D eigenvalue weighted by Crippen LogP contribution is -1.90. The number of thiazole rings is 1. The molecular weight excluding hydrogens is 206 g/mol. The Labute approximate surface area is 92.2 Å². The zero-order valence-electron chi connectivity index (χ0n) is 8.23. The number of anilines is 2. The molecule has 15 heavy (non-hydrogen) atoms. The quantitative estimate of drug-likeness (QED) is 0.840. The first kappa shape index (κ1) is 8.85. The average Bonchev–Trinajstić information content (AvgIpc) is 2.79. The van der Waals surface area contributed by atoms with Crippen molar-refractivity contribution in [3.8, 4) is 0 Å². The Hall–Kier alpha value is -1.42. The lowest BCUT2D eigenvalue weighted by atomic mass is 10.4. The molecule has 0 amide bonds. The topological polar surface area (TPSA) is 37.8 Å². The predicted molar refractivity (Wildman–Crippen MR) is 61.7 cm³/mol. The van der Waals surface area contributed by atoms with Crippen molar-refractivity contribution in [1.29, 1.82) is 0 Å². The van der Waals surface area contributed by atoms with Crippen LogP contribution in [0, 0.1) is 0 Å². The molecule has 1 N–H and O–H groups in total. The summed E-state index contributed by atoms with van der Waals surface area (Å²) in [6.07, 6.45) is 7.18. The van der Waals surface area contributed by atoms with Crippen LogP contribution in [-0.2, 0) is 12.8 Å². The summed E-state index contributed by atoms with van der Waals surface area (Å²) in [4.78, 5) is 10.1. The molecule has 76 valence electrons. The molecule has 2 aromatic rings. The summed E-state index contributed by atoms with van der Waals surface area (Å²) in [7, 11) is 0. The van der Waals surface area contributed by atoms with Crippen molar-refractivity contribution < 1.29 is 0 Å². The number of pyridine rings is 1. The molecule has 0 aromatic carbocycles. The fourth-order valence-corrected chi connectivity index (χ4v) is 2.87. The van der Waals surface area contributed by atoms with Gasteiger partial charge in [0.2, 0.25) is 0 Å². The number of hydrogen-bond acceptors (Lipinski definition) is 4. The van der Waals surface area contributed by atoms with Gasteiger partial charge in [-0.2, -0.15) is 0 Å². The number of hydrogen-bond donors (Lipinski definition) is 1. The van der Waals surface area contributed by atoms with Crippen molar-refractivity contribution in [2.24, 2.45) is 0 Å². The van der Waals surface area contributed by atoms with Crippen LogP contribution in [-0.4, -0.2) is 9.97 Å². The molecule has 4 heteroatoms. The molecule has 0 fully saturated rings. The highest BCUT2D eigenvalue weighted by Gasteiger charge is 2.16. The summed E-state index contributed by atoms with van der Waals surface area (Å²) in [6, 6.07) is 3.92. The van der Waals surface area contributed by atoms with Gasteiger partial charge in [-0.05, 0) is 31.4 Å². The molecule has 1 aliphatic rings. The van der Waals surface area contributed by atoms with Crippen LogP contribution in [0.25, 0.3) is 0 Å². The molecule has 0 unspecified atom stereocenters. The van der Waals surface area contributed by atoms with E-state index in [4.69, 9.17) is 0 Å². The maximum absolute atomic E-state index is 4.57. The fraction of sp³-hybridized carbons (Fsp3) is 0.273. The molecule has 2 aromatic heterocycles. The molecule has 0 saturated heterocycles. The highest BCUT2D eigenvalue weighted by Crippen LogP contribution is 2.31. The first-order valence-electron chi connectivity index (χ1n) is 5.07. The minimum atomic E-state index is 0.993. The Morgan fingerprint density at radius 2 is 2.33 bits per heavy atom. The van der Waals surface area contributed by atoms with Crippen LogP contribution in [0.5, 0.6) is 0 Å². The Morgan fingerprint density at radius 3 is 3.13 bits per heavy atom. The summed E-state index contributed by atoms with van der Waals surface area (Å²) in [5.41, 5.74) is 2.29. The average molecular weight is 217 g/mol. The van der Waals surface area contributed by atoms with Gasteiger partial charge in [-0.15, -0.1) is 11.3 Å². The van der Waals surface area contributed by atoms with E-state index in [0.29, 0.717) is 0 Å². The van der Waals surface area contributed by atoms with Crippen molar-refractivity contribution in [1.82, 2.24) is 9.97 Å². The first-order chi connectivity index (χ1) is 7.42. The van der Waals surface area contributed by atoms with E-state index in [2.05, 4.69) is 15.3 Å². The number of rotatable bonds is 2. The van der Waals surface area contributed by atoms with Gasteiger partial charge in [0.15, 0.2) is 5.13 Å². The molecule has 1 aliphatic carbocycles. The second-order valence-corrected chi connectivity index (χ2v) is 4.69. The third-order valence-corrected chi connectivity index (χ3v) is 3.58. The lowest BCUT2D eigenvalue weighted by molar-refractivity contribution is 0.900. The molecule has 0 saturated carbocycles. The van der Waals surface area contributed by atoms with Gasteiger partial charge >= 0.3 is 0 Å². The maximum atomic E-state index is 4.57. The van der Waals surface area contributed by atoms with Gasteiger partial charge in [0.05, 0.1) is 17.6 Å². The van der Waals surface area contributed by atoms with Gasteiger partial charge < -0.3 is 5.32 Å². The molecule has 2 heterocycles. The van der Waals surface area contributed by atoms with E-state index in [9.17, 15) is 0 Å². The van der Waals surface area contributed by atoms with E-state index < -0.39 is 0 Å². The van der Waals surface area contributed by atoms with Crippen molar-refractivity contribution >= 4 is 22.2 Å². The van der Waals surface area contributed by atoms with Gasteiger partial charge in [0.25, 0.3) is 0 Å². The van der Waals surface area contributed by atoms with Crippen LogP contribution in [0.15, 0.2) is 24.5 Å². The molecule has 3 nitrogen and oxygen atoms in total. The van der Waals surface area contributed by atoms with Crippen LogP contribution in [0.1, 0.15) is 17.0 Å². The second-order valence-electron chi connectivity index (χ2n) is 3.61. The molecule has 3 rings (SSSR count). The minimum Gasteiger partial charge on any atom is -0.330 e. The molecule has 0 bridgehead atoms. The Kier molecular flexibility index (Phi) is 2.14. The standard InChI is InChI=1S/C11H11N3S/c1-4-9-10(5-1)15-11(14-9)13-8-3-2-6-12-7-8/h2-3,6-7H,1,4-5H2,(H,13,14). The van der Waals surface area contributed by atoms with Gasteiger partial charge in [0.1, 0.15) is 0 Å². The highest BCUT2D eigenvalue weighted by molar-refractivity contribution is 7.15. The van der Waals surface area contributed by atoms with Crippen molar-refractivity contribution in [3.63, 3.8) is 0 Å². The zero-order chi connectivity index (χ0) is 10.1. The number of nitrogens with zero attached hydrogens (tertiary/aromatic N) is 2. The SMILES string of the molecule is c1cncc(Nc2nc3c(s2)CCC3)c1. The Morgan fingerprint density at radius 1 is 1.33 bits per heavy atom. The third-order valence-electron chi connectivity index (χ3n) is 2.51. The summed E-state index contributed by atoms with van der Waals surface area (Å²) < 4.78 is 0. The van der Waals surface area contributed by atoms with Crippen LogP contribution in [0.2, 0.25) is 0 Å². The number of nitrogens with one attached hydrogen (secondary N) is 1. The van der Waals surface area contributed by atoms with Gasteiger partial charge in [-0.3, -0.25) is 4.98 Å². The largest absolute Gasteiger partial charge is 0.330 e.